The van der Waals surface area contributed by atoms with Gasteiger partial charge in [0.05, 0.1) is 20.7 Å². The molecule has 1 aromatic rings. The fourth-order valence-corrected chi connectivity index (χ4v) is 2.04. The van der Waals surface area contributed by atoms with Gasteiger partial charge in [0.15, 0.2) is 6.54 Å². The maximum absolute atomic E-state index is 11.7. The summed E-state index contributed by atoms with van der Waals surface area (Å²) >= 11 is 0. The van der Waals surface area contributed by atoms with Gasteiger partial charge in [0, 0.05) is 12.6 Å². The molecule has 0 radical (unpaired) electrons. The molecule has 0 saturated carbocycles. The first-order chi connectivity index (χ1) is 9.96. The van der Waals surface area contributed by atoms with Crippen molar-refractivity contribution in [2.24, 2.45) is 0 Å². The summed E-state index contributed by atoms with van der Waals surface area (Å²) in [6.07, 6.45) is 0. The highest BCUT2D eigenvalue weighted by Crippen LogP contribution is 2.18. The zero-order chi connectivity index (χ0) is 15.8. The van der Waals surface area contributed by atoms with Crippen molar-refractivity contribution >= 4 is 11.8 Å². The van der Waals surface area contributed by atoms with E-state index in [0.29, 0.717) is 13.1 Å². The van der Waals surface area contributed by atoms with Crippen LogP contribution in [-0.4, -0.2) is 46.1 Å². The molecule has 0 spiro atoms. The Morgan fingerprint density at radius 2 is 2.00 bits per heavy atom. The van der Waals surface area contributed by atoms with Crippen molar-refractivity contribution in [2.45, 2.75) is 13.5 Å². The van der Waals surface area contributed by atoms with E-state index in [1.165, 1.54) is 7.05 Å². The lowest BCUT2D eigenvalue weighted by molar-refractivity contribution is -0.885. The summed E-state index contributed by atoms with van der Waals surface area (Å²) in [6.45, 7) is 3.01. The molecule has 0 bridgehead atoms. The van der Waals surface area contributed by atoms with E-state index in [2.05, 4.69) is 16.7 Å². The minimum absolute atomic E-state index is 0.0103. The summed E-state index contributed by atoms with van der Waals surface area (Å²) in [4.78, 5) is 23.8. The minimum Gasteiger partial charge on any atom is -0.496 e. The van der Waals surface area contributed by atoms with Gasteiger partial charge in [-0.25, -0.2) is 0 Å². The quantitative estimate of drug-likeness (QED) is 0.596. The Labute approximate surface area is 125 Å². The Balaban J connectivity index is 2.53. The molecule has 2 amide bonds. The van der Waals surface area contributed by atoms with Crippen molar-refractivity contribution in [2.75, 3.05) is 34.3 Å². The second-order valence-corrected chi connectivity index (χ2v) is 5.08. The van der Waals surface area contributed by atoms with Crippen LogP contribution in [0.1, 0.15) is 11.1 Å². The van der Waals surface area contributed by atoms with Gasteiger partial charge in [-0.2, -0.15) is 0 Å². The Bertz CT molecular complexity index is 503. The highest BCUT2D eigenvalue weighted by Gasteiger charge is 2.14. The number of likely N-dealkylation sites (N-methyl/N-ethyl adjacent to an activating group) is 2. The van der Waals surface area contributed by atoms with Gasteiger partial charge in [-0.3, -0.25) is 9.59 Å². The van der Waals surface area contributed by atoms with Crippen LogP contribution in [0.25, 0.3) is 0 Å². The Morgan fingerprint density at radius 3 is 2.62 bits per heavy atom. The monoisotopic (exact) mass is 294 g/mol. The molecule has 1 unspecified atom stereocenters. The lowest BCUT2D eigenvalue weighted by atomic mass is 10.1. The van der Waals surface area contributed by atoms with E-state index in [1.54, 1.807) is 7.11 Å². The molecule has 0 saturated heterocycles. The number of nitrogens with one attached hydrogen (secondary N) is 3. The highest BCUT2D eigenvalue weighted by molar-refractivity contribution is 5.84. The zero-order valence-corrected chi connectivity index (χ0v) is 13.1. The standard InChI is InChI=1S/C15H23N3O3/c1-11-5-6-13(21-4)12(7-11)9-18(3)10-15(20)17-8-14(19)16-2/h5-7H,8-10H2,1-4H3,(H,16,19)(H,17,20)/p+1. The van der Waals surface area contributed by atoms with Crippen LogP contribution in [0.4, 0.5) is 0 Å². The lowest BCUT2D eigenvalue weighted by Gasteiger charge is -2.16. The summed E-state index contributed by atoms with van der Waals surface area (Å²) in [7, 11) is 5.11. The average molecular weight is 294 g/mol. The first kappa shape index (κ1) is 17.0. The van der Waals surface area contributed by atoms with E-state index in [0.717, 1.165) is 21.8 Å². The van der Waals surface area contributed by atoms with Gasteiger partial charge >= 0.3 is 0 Å². The van der Waals surface area contributed by atoms with Gasteiger partial charge in [-0.1, -0.05) is 11.6 Å². The van der Waals surface area contributed by atoms with Crippen LogP contribution in [0.5, 0.6) is 5.75 Å². The van der Waals surface area contributed by atoms with Gasteiger partial charge < -0.3 is 20.3 Å². The van der Waals surface area contributed by atoms with Gasteiger partial charge in [-0.15, -0.1) is 0 Å². The molecule has 1 atom stereocenters. The molecular weight excluding hydrogens is 270 g/mol. The minimum atomic E-state index is -0.207. The molecule has 21 heavy (non-hydrogen) atoms. The predicted octanol–water partition coefficient (Wildman–Crippen LogP) is -1.12. The summed E-state index contributed by atoms with van der Waals surface area (Å²) in [5, 5.41) is 5.04. The van der Waals surface area contributed by atoms with Crippen LogP contribution >= 0.6 is 0 Å². The molecule has 6 heteroatoms. The van der Waals surface area contributed by atoms with Crippen molar-refractivity contribution in [1.29, 1.82) is 0 Å². The number of carbonyl (C=O) groups is 2. The molecule has 3 N–H and O–H groups in total. The average Bonchev–Trinajstić information content (AvgIpc) is 2.44. The SMILES string of the molecule is CNC(=O)CNC(=O)C[NH+](C)Cc1cc(C)ccc1OC. The maximum Gasteiger partial charge on any atom is 0.275 e. The number of amides is 2. The Morgan fingerprint density at radius 1 is 1.29 bits per heavy atom. The summed E-state index contributed by atoms with van der Waals surface area (Å²) < 4.78 is 5.33. The number of carbonyl (C=O) groups excluding carboxylic acids is 2. The second-order valence-electron chi connectivity index (χ2n) is 5.08. The van der Waals surface area contributed by atoms with Crippen LogP contribution in [0.15, 0.2) is 18.2 Å². The van der Waals surface area contributed by atoms with Crippen molar-refractivity contribution < 1.29 is 19.2 Å². The molecule has 0 heterocycles. The third-order valence-corrected chi connectivity index (χ3v) is 3.12. The Hall–Kier alpha value is -2.08. The van der Waals surface area contributed by atoms with Crippen molar-refractivity contribution in [1.82, 2.24) is 10.6 Å². The first-order valence-electron chi connectivity index (χ1n) is 6.88. The Kier molecular flexibility index (Phi) is 6.68. The predicted molar refractivity (Wildman–Crippen MR) is 80.3 cm³/mol. The number of methoxy groups -OCH3 is 1. The second kappa shape index (κ2) is 8.26. The number of benzene rings is 1. The van der Waals surface area contributed by atoms with E-state index in [-0.39, 0.29) is 18.4 Å². The molecule has 0 aromatic heterocycles. The number of quaternary nitrogens is 1. The van der Waals surface area contributed by atoms with E-state index < -0.39 is 0 Å². The molecule has 0 aliphatic heterocycles. The zero-order valence-electron chi connectivity index (χ0n) is 13.1. The summed E-state index contributed by atoms with van der Waals surface area (Å²) in [5.74, 6) is 0.467. The fourth-order valence-electron chi connectivity index (χ4n) is 2.04. The van der Waals surface area contributed by atoms with Gasteiger partial charge in [-0.05, 0) is 19.1 Å². The van der Waals surface area contributed by atoms with Crippen molar-refractivity contribution in [3.8, 4) is 5.75 Å². The molecule has 1 aromatic carbocycles. The van der Waals surface area contributed by atoms with Gasteiger partial charge in [0.2, 0.25) is 5.91 Å². The van der Waals surface area contributed by atoms with Gasteiger partial charge in [0.1, 0.15) is 12.3 Å². The third kappa shape index (κ3) is 5.83. The third-order valence-electron chi connectivity index (χ3n) is 3.12. The van der Waals surface area contributed by atoms with E-state index >= 15 is 0 Å². The van der Waals surface area contributed by atoms with Gasteiger partial charge in [0.25, 0.3) is 5.91 Å². The largest absolute Gasteiger partial charge is 0.496 e. The number of hydrogen-bond donors (Lipinski definition) is 3. The summed E-state index contributed by atoms with van der Waals surface area (Å²) in [6, 6.07) is 5.99. The number of rotatable bonds is 7. The van der Waals surface area contributed by atoms with Crippen LogP contribution < -0.4 is 20.3 Å². The molecule has 0 fully saturated rings. The molecule has 1 rings (SSSR count). The van der Waals surface area contributed by atoms with Crippen LogP contribution in [0, 0.1) is 6.92 Å². The van der Waals surface area contributed by atoms with Crippen molar-refractivity contribution in [3.63, 3.8) is 0 Å². The molecule has 116 valence electrons. The lowest BCUT2D eigenvalue weighted by Crippen LogP contribution is -3.08. The molecule has 6 nitrogen and oxygen atoms in total. The molecular formula is C15H24N3O3+. The van der Waals surface area contributed by atoms with Crippen LogP contribution in [0.2, 0.25) is 0 Å². The maximum atomic E-state index is 11.7. The normalized spacial score (nSPS) is 11.6. The van der Waals surface area contributed by atoms with E-state index in [1.807, 2.05) is 26.1 Å². The molecule has 0 aliphatic rings. The number of aryl methyl sites for hydroxylation is 1. The van der Waals surface area contributed by atoms with Crippen molar-refractivity contribution in [3.05, 3.63) is 29.3 Å². The summed E-state index contributed by atoms with van der Waals surface area (Å²) in [5.41, 5.74) is 2.22. The topological polar surface area (TPSA) is 71.9 Å². The fraction of sp³-hybridized carbons (Fsp3) is 0.467. The number of ether oxygens (including phenoxy) is 1. The smallest absolute Gasteiger partial charge is 0.275 e. The van der Waals surface area contributed by atoms with E-state index in [4.69, 9.17) is 4.74 Å². The first-order valence-corrected chi connectivity index (χ1v) is 6.88. The van der Waals surface area contributed by atoms with Crippen LogP contribution in [0.3, 0.4) is 0 Å². The number of hydrogen-bond acceptors (Lipinski definition) is 3. The highest BCUT2D eigenvalue weighted by atomic mass is 16.5. The molecule has 0 aliphatic carbocycles. The van der Waals surface area contributed by atoms with E-state index in [9.17, 15) is 9.59 Å². The van der Waals surface area contributed by atoms with Crippen LogP contribution in [-0.2, 0) is 16.1 Å².